The molecule has 2 rings (SSSR count). The molecule has 1 aromatic carbocycles. The highest BCUT2D eigenvalue weighted by Crippen LogP contribution is 2.21. The highest BCUT2D eigenvalue weighted by Gasteiger charge is 2.16. The molecule has 0 radical (unpaired) electrons. The van der Waals surface area contributed by atoms with E-state index in [1.165, 1.54) is 29.5 Å². The van der Waals surface area contributed by atoms with Crippen LogP contribution in [0.15, 0.2) is 18.2 Å². The second kappa shape index (κ2) is 7.06. The normalized spacial score (nSPS) is 21.3. The lowest BCUT2D eigenvalue weighted by atomic mass is 9.94. The van der Waals surface area contributed by atoms with Gasteiger partial charge >= 0.3 is 0 Å². The van der Waals surface area contributed by atoms with Crippen molar-refractivity contribution in [3.63, 3.8) is 0 Å². The highest BCUT2D eigenvalue weighted by molar-refractivity contribution is 5.33. The lowest BCUT2D eigenvalue weighted by molar-refractivity contribution is 0.00233. The summed E-state index contributed by atoms with van der Waals surface area (Å²) in [4.78, 5) is 0. The minimum Gasteiger partial charge on any atom is -0.393 e. The Morgan fingerprint density at radius 1 is 1.26 bits per heavy atom. The molecular formula is C17H26O2. The van der Waals surface area contributed by atoms with E-state index in [1.807, 2.05) is 0 Å². The van der Waals surface area contributed by atoms with Crippen molar-refractivity contribution in [1.29, 1.82) is 0 Å². The van der Waals surface area contributed by atoms with Crippen molar-refractivity contribution in [2.24, 2.45) is 0 Å². The van der Waals surface area contributed by atoms with Gasteiger partial charge in [0.15, 0.2) is 0 Å². The molecule has 1 heterocycles. The van der Waals surface area contributed by atoms with Crippen molar-refractivity contribution < 1.29 is 9.84 Å². The van der Waals surface area contributed by atoms with Gasteiger partial charge in [-0.3, -0.25) is 0 Å². The van der Waals surface area contributed by atoms with Gasteiger partial charge in [0.2, 0.25) is 0 Å². The van der Waals surface area contributed by atoms with Crippen molar-refractivity contribution in [2.75, 3.05) is 6.61 Å². The van der Waals surface area contributed by atoms with Gasteiger partial charge in [0.1, 0.15) is 0 Å². The van der Waals surface area contributed by atoms with Gasteiger partial charge in [-0.05, 0) is 69.1 Å². The lowest BCUT2D eigenvalue weighted by Crippen LogP contribution is -2.22. The molecule has 1 aromatic rings. The Hall–Kier alpha value is -0.860. The zero-order valence-electron chi connectivity index (χ0n) is 12.2. The Morgan fingerprint density at radius 3 is 2.63 bits per heavy atom. The van der Waals surface area contributed by atoms with Crippen LogP contribution in [-0.2, 0) is 11.2 Å². The van der Waals surface area contributed by atoms with E-state index in [9.17, 15) is 5.11 Å². The lowest BCUT2D eigenvalue weighted by Gasteiger charge is -2.23. The van der Waals surface area contributed by atoms with Crippen LogP contribution in [0.25, 0.3) is 0 Å². The molecule has 2 nitrogen and oxygen atoms in total. The van der Waals surface area contributed by atoms with Gasteiger partial charge in [-0.15, -0.1) is 0 Å². The van der Waals surface area contributed by atoms with Crippen LogP contribution >= 0.6 is 0 Å². The second-order valence-corrected chi connectivity index (χ2v) is 5.79. The molecule has 1 fully saturated rings. The monoisotopic (exact) mass is 262 g/mol. The van der Waals surface area contributed by atoms with Crippen LogP contribution in [0.3, 0.4) is 0 Å². The summed E-state index contributed by atoms with van der Waals surface area (Å²) in [6.07, 6.45) is 6.37. The predicted octanol–water partition coefficient (Wildman–Crippen LogP) is 3.56. The molecule has 0 aliphatic carbocycles. The van der Waals surface area contributed by atoms with E-state index in [0.717, 1.165) is 32.3 Å². The van der Waals surface area contributed by atoms with E-state index in [1.54, 1.807) is 0 Å². The number of aryl methyl sites for hydroxylation is 2. The quantitative estimate of drug-likeness (QED) is 0.879. The molecule has 1 aliphatic rings. The van der Waals surface area contributed by atoms with Crippen molar-refractivity contribution in [3.05, 3.63) is 34.9 Å². The first-order chi connectivity index (χ1) is 9.16. The molecule has 1 saturated heterocycles. The third-order valence-corrected chi connectivity index (χ3v) is 4.18. The van der Waals surface area contributed by atoms with Crippen LogP contribution in [0.5, 0.6) is 0 Å². The summed E-state index contributed by atoms with van der Waals surface area (Å²) >= 11 is 0. The van der Waals surface area contributed by atoms with Crippen molar-refractivity contribution in [1.82, 2.24) is 0 Å². The third-order valence-electron chi connectivity index (χ3n) is 4.18. The second-order valence-electron chi connectivity index (χ2n) is 5.79. The summed E-state index contributed by atoms with van der Waals surface area (Å²) in [5.74, 6) is 0. The number of ether oxygens (including phenoxy) is 1. The van der Waals surface area contributed by atoms with Crippen LogP contribution in [-0.4, -0.2) is 23.9 Å². The van der Waals surface area contributed by atoms with E-state index in [2.05, 4.69) is 32.0 Å². The van der Waals surface area contributed by atoms with Crippen LogP contribution in [0, 0.1) is 13.8 Å². The fourth-order valence-corrected chi connectivity index (χ4v) is 2.92. The van der Waals surface area contributed by atoms with E-state index >= 15 is 0 Å². The van der Waals surface area contributed by atoms with Gasteiger partial charge in [0, 0.05) is 6.61 Å². The Morgan fingerprint density at radius 2 is 2.00 bits per heavy atom. The standard InChI is InChI=1S/C17H26O2/c1-13-6-5-7-14(2)17(13)12-15(18)9-10-16-8-3-4-11-19-16/h5-7,15-16,18H,3-4,8-12H2,1-2H3. The number of hydrogen-bond acceptors (Lipinski definition) is 2. The topological polar surface area (TPSA) is 29.5 Å². The molecular weight excluding hydrogens is 236 g/mol. The van der Waals surface area contributed by atoms with Crippen molar-refractivity contribution in [2.45, 2.75) is 64.6 Å². The minimum absolute atomic E-state index is 0.245. The summed E-state index contributed by atoms with van der Waals surface area (Å²) < 4.78 is 5.71. The molecule has 2 atom stereocenters. The van der Waals surface area contributed by atoms with E-state index in [-0.39, 0.29) is 6.10 Å². The maximum Gasteiger partial charge on any atom is 0.0581 e. The summed E-state index contributed by atoms with van der Waals surface area (Å²) in [7, 11) is 0. The Kier molecular flexibility index (Phi) is 5.41. The molecule has 0 saturated carbocycles. The van der Waals surface area contributed by atoms with Gasteiger partial charge in [0.25, 0.3) is 0 Å². The first-order valence-corrected chi connectivity index (χ1v) is 7.51. The fourth-order valence-electron chi connectivity index (χ4n) is 2.92. The number of hydrogen-bond donors (Lipinski definition) is 1. The van der Waals surface area contributed by atoms with Crippen LogP contribution in [0.4, 0.5) is 0 Å². The van der Waals surface area contributed by atoms with Crippen molar-refractivity contribution >= 4 is 0 Å². The first kappa shape index (κ1) is 14.5. The largest absolute Gasteiger partial charge is 0.393 e. The van der Waals surface area contributed by atoms with Crippen LogP contribution in [0.1, 0.15) is 48.8 Å². The Bertz CT molecular complexity index is 374. The maximum absolute atomic E-state index is 10.2. The summed E-state index contributed by atoms with van der Waals surface area (Å²) in [5, 5.41) is 10.2. The number of aliphatic hydroxyl groups is 1. The number of rotatable bonds is 5. The summed E-state index contributed by atoms with van der Waals surface area (Å²) in [6, 6.07) is 6.33. The van der Waals surface area contributed by atoms with Crippen LogP contribution < -0.4 is 0 Å². The third kappa shape index (κ3) is 4.32. The van der Waals surface area contributed by atoms with E-state index in [4.69, 9.17) is 4.74 Å². The summed E-state index contributed by atoms with van der Waals surface area (Å²) in [6.45, 7) is 5.15. The highest BCUT2D eigenvalue weighted by atomic mass is 16.5. The predicted molar refractivity (Wildman–Crippen MR) is 78.5 cm³/mol. The molecule has 1 N–H and O–H groups in total. The average Bonchev–Trinajstić information content (AvgIpc) is 2.42. The number of benzene rings is 1. The maximum atomic E-state index is 10.2. The van der Waals surface area contributed by atoms with Gasteiger partial charge in [-0.1, -0.05) is 18.2 Å². The molecule has 0 bridgehead atoms. The van der Waals surface area contributed by atoms with Gasteiger partial charge in [-0.2, -0.15) is 0 Å². The molecule has 1 aliphatic heterocycles. The minimum atomic E-state index is -0.245. The molecule has 2 heteroatoms. The number of aliphatic hydroxyl groups excluding tert-OH is 1. The molecule has 0 spiro atoms. The zero-order valence-corrected chi connectivity index (χ0v) is 12.2. The molecule has 0 amide bonds. The van der Waals surface area contributed by atoms with Gasteiger partial charge in [-0.25, -0.2) is 0 Å². The SMILES string of the molecule is Cc1cccc(C)c1CC(O)CCC1CCCCO1. The molecule has 2 unspecified atom stereocenters. The fraction of sp³-hybridized carbons (Fsp3) is 0.647. The first-order valence-electron chi connectivity index (χ1n) is 7.51. The van der Waals surface area contributed by atoms with Gasteiger partial charge in [0.05, 0.1) is 12.2 Å². The van der Waals surface area contributed by atoms with E-state index < -0.39 is 0 Å². The molecule has 0 aromatic heterocycles. The summed E-state index contributed by atoms with van der Waals surface area (Å²) in [5.41, 5.74) is 3.88. The van der Waals surface area contributed by atoms with Crippen LogP contribution in [0.2, 0.25) is 0 Å². The van der Waals surface area contributed by atoms with Gasteiger partial charge < -0.3 is 9.84 Å². The molecule has 19 heavy (non-hydrogen) atoms. The Balaban J connectivity index is 1.82. The van der Waals surface area contributed by atoms with Crippen molar-refractivity contribution in [3.8, 4) is 0 Å². The molecule has 106 valence electrons. The smallest absolute Gasteiger partial charge is 0.0581 e. The van der Waals surface area contributed by atoms with E-state index in [0.29, 0.717) is 6.10 Å². The Labute approximate surface area is 116 Å². The average molecular weight is 262 g/mol. The zero-order chi connectivity index (χ0) is 13.7.